The second kappa shape index (κ2) is 11.6. The first-order valence-electron chi connectivity index (χ1n) is 12.6. The van der Waals surface area contributed by atoms with Crippen LogP contribution in [-0.4, -0.2) is 60.5 Å². The summed E-state index contributed by atoms with van der Waals surface area (Å²) in [4.78, 5) is 18.4. The maximum atomic E-state index is 13.3. The van der Waals surface area contributed by atoms with Crippen LogP contribution in [0.2, 0.25) is 0 Å². The summed E-state index contributed by atoms with van der Waals surface area (Å²) in [5, 5.41) is 3.44. The summed E-state index contributed by atoms with van der Waals surface area (Å²) in [7, 11) is 0. The first-order chi connectivity index (χ1) is 14.7. The van der Waals surface area contributed by atoms with Crippen molar-refractivity contribution in [2.24, 2.45) is 11.8 Å². The molecule has 4 heterocycles. The maximum absolute atomic E-state index is 13.3. The number of likely N-dealkylation sites (tertiary alicyclic amines) is 1. The molecule has 0 spiro atoms. The molecular weight excluding hydrogens is 441 g/mol. The van der Waals surface area contributed by atoms with Gasteiger partial charge >= 0.3 is 0 Å². The smallest absolute Gasteiger partial charge is 0.253 e. The van der Waals surface area contributed by atoms with Crippen molar-refractivity contribution in [3.8, 4) is 0 Å². The fourth-order valence-corrected chi connectivity index (χ4v) is 6.96. The van der Waals surface area contributed by atoms with Gasteiger partial charge in [0.25, 0.3) is 5.91 Å². The van der Waals surface area contributed by atoms with E-state index < -0.39 is 0 Å². The Balaban J connectivity index is 0.00000144. The number of hydrogen-bond acceptors (Lipinski definition) is 3. The number of amides is 1. The number of halogens is 2. The number of nitrogens with one attached hydrogen (secondary N) is 1. The third-order valence-corrected chi connectivity index (χ3v) is 8.39. The van der Waals surface area contributed by atoms with Gasteiger partial charge in [0, 0.05) is 37.3 Å². The van der Waals surface area contributed by atoms with E-state index in [0.29, 0.717) is 23.8 Å². The largest absolute Gasteiger partial charge is 0.338 e. The molecule has 4 aliphatic heterocycles. The molecule has 180 valence electrons. The van der Waals surface area contributed by atoms with E-state index in [4.69, 9.17) is 0 Å². The van der Waals surface area contributed by atoms with Gasteiger partial charge in [0.15, 0.2) is 0 Å². The van der Waals surface area contributed by atoms with Crippen LogP contribution in [0.1, 0.15) is 80.1 Å². The zero-order valence-corrected chi connectivity index (χ0v) is 21.1. The van der Waals surface area contributed by atoms with Crippen LogP contribution in [0, 0.1) is 11.8 Å². The zero-order chi connectivity index (χ0) is 20.5. The van der Waals surface area contributed by atoms with Crippen LogP contribution in [0.15, 0.2) is 24.3 Å². The van der Waals surface area contributed by atoms with Crippen molar-refractivity contribution >= 4 is 30.7 Å². The molecule has 0 aliphatic carbocycles. The fraction of sp³-hybridized carbons (Fsp3) is 0.731. The monoisotopic (exact) mass is 481 g/mol. The Morgan fingerprint density at radius 2 is 1.75 bits per heavy atom. The predicted octanol–water partition coefficient (Wildman–Crippen LogP) is 5.11. The maximum Gasteiger partial charge on any atom is 0.253 e. The van der Waals surface area contributed by atoms with Crippen molar-refractivity contribution in [1.29, 1.82) is 0 Å². The zero-order valence-electron chi connectivity index (χ0n) is 19.5. The molecule has 0 saturated carbocycles. The van der Waals surface area contributed by atoms with Gasteiger partial charge in [-0.15, -0.1) is 24.8 Å². The fourth-order valence-electron chi connectivity index (χ4n) is 6.96. The summed E-state index contributed by atoms with van der Waals surface area (Å²) in [6.45, 7) is 7.67. The Kier molecular flexibility index (Phi) is 9.32. The molecule has 6 heteroatoms. The summed E-state index contributed by atoms with van der Waals surface area (Å²) in [6.07, 6.45) is 10.5. The van der Waals surface area contributed by atoms with Crippen molar-refractivity contribution in [2.45, 2.75) is 76.3 Å². The molecular formula is C26H41Cl2N3O. The molecule has 4 aliphatic rings. The number of piperidine rings is 4. The average Bonchev–Trinajstić information content (AvgIpc) is 2.80. The van der Waals surface area contributed by atoms with E-state index in [0.717, 1.165) is 37.8 Å². The standard InChI is InChI=1S/C26H39N3O.2ClH/c1-2-4-24-5-3-6-25-23-15-19(17-29(24)25)16-28(18-23)26(30)22-9-7-20(8-10-22)21-11-13-27-14-12-21;;/h7-10,19,21,23-25,27H,2-6,11-18H2,1H3;2*1H/t19-,23+,24-,25-;;/m0../s1. The highest BCUT2D eigenvalue weighted by molar-refractivity contribution is 5.94. The van der Waals surface area contributed by atoms with Crippen molar-refractivity contribution in [3.05, 3.63) is 35.4 Å². The van der Waals surface area contributed by atoms with Gasteiger partial charge in [0.05, 0.1) is 0 Å². The van der Waals surface area contributed by atoms with Crippen LogP contribution in [0.3, 0.4) is 0 Å². The minimum atomic E-state index is 0. The van der Waals surface area contributed by atoms with E-state index >= 15 is 0 Å². The van der Waals surface area contributed by atoms with Gasteiger partial charge in [0.1, 0.15) is 0 Å². The van der Waals surface area contributed by atoms with Crippen LogP contribution in [0.4, 0.5) is 0 Å². The summed E-state index contributed by atoms with van der Waals surface area (Å²) in [5.41, 5.74) is 2.29. The quantitative estimate of drug-likeness (QED) is 0.648. The van der Waals surface area contributed by atoms with E-state index in [1.807, 2.05) is 0 Å². The van der Waals surface area contributed by atoms with Gasteiger partial charge in [-0.3, -0.25) is 9.69 Å². The number of nitrogens with zero attached hydrogens (tertiary/aromatic N) is 2. The summed E-state index contributed by atoms with van der Waals surface area (Å²) < 4.78 is 0. The molecule has 1 N–H and O–H groups in total. The Hall–Kier alpha value is -0.810. The summed E-state index contributed by atoms with van der Waals surface area (Å²) in [6, 6.07) is 10.1. The van der Waals surface area contributed by atoms with E-state index in [-0.39, 0.29) is 30.7 Å². The lowest BCUT2D eigenvalue weighted by molar-refractivity contribution is -0.0519. The van der Waals surface area contributed by atoms with Crippen molar-refractivity contribution in [2.75, 3.05) is 32.7 Å². The highest BCUT2D eigenvalue weighted by Gasteiger charge is 2.45. The molecule has 5 rings (SSSR count). The summed E-state index contributed by atoms with van der Waals surface area (Å²) >= 11 is 0. The Labute approximate surface area is 206 Å². The lowest BCUT2D eigenvalue weighted by Crippen LogP contribution is -2.62. The number of fused-ring (bicyclic) bond motifs is 4. The number of carbonyl (C=O) groups is 1. The van der Waals surface area contributed by atoms with E-state index in [1.54, 1.807) is 0 Å². The molecule has 4 saturated heterocycles. The Morgan fingerprint density at radius 1 is 1.00 bits per heavy atom. The highest BCUT2D eigenvalue weighted by Crippen LogP contribution is 2.40. The lowest BCUT2D eigenvalue weighted by Gasteiger charge is -2.55. The van der Waals surface area contributed by atoms with E-state index in [9.17, 15) is 4.79 Å². The Morgan fingerprint density at radius 3 is 2.47 bits per heavy atom. The highest BCUT2D eigenvalue weighted by atomic mass is 35.5. The summed E-state index contributed by atoms with van der Waals surface area (Å²) in [5.74, 6) is 2.25. The minimum absolute atomic E-state index is 0. The van der Waals surface area contributed by atoms with E-state index in [2.05, 4.69) is 46.3 Å². The first-order valence-corrected chi connectivity index (χ1v) is 12.6. The average molecular weight is 483 g/mol. The lowest BCUT2D eigenvalue weighted by atomic mass is 9.74. The van der Waals surface area contributed by atoms with Crippen molar-refractivity contribution in [3.63, 3.8) is 0 Å². The minimum Gasteiger partial charge on any atom is -0.338 e. The van der Waals surface area contributed by atoms with Gasteiger partial charge in [0.2, 0.25) is 0 Å². The molecule has 4 atom stereocenters. The molecule has 1 amide bonds. The molecule has 0 aromatic heterocycles. The van der Waals surface area contributed by atoms with Crippen LogP contribution in [0.25, 0.3) is 0 Å². The number of rotatable bonds is 4. The van der Waals surface area contributed by atoms with Crippen molar-refractivity contribution < 1.29 is 4.79 Å². The molecule has 1 aromatic carbocycles. The molecule has 4 fully saturated rings. The van der Waals surface area contributed by atoms with Crippen LogP contribution >= 0.6 is 24.8 Å². The molecule has 1 aromatic rings. The van der Waals surface area contributed by atoms with Gasteiger partial charge in [-0.25, -0.2) is 0 Å². The number of benzene rings is 1. The van der Waals surface area contributed by atoms with Crippen LogP contribution < -0.4 is 5.32 Å². The second-order valence-electron chi connectivity index (χ2n) is 10.4. The van der Waals surface area contributed by atoms with Gasteiger partial charge in [-0.05, 0) is 87.1 Å². The third kappa shape index (κ3) is 5.29. The topological polar surface area (TPSA) is 35.6 Å². The Bertz CT molecular complexity index is 735. The van der Waals surface area contributed by atoms with E-state index in [1.165, 1.54) is 63.5 Å². The number of hydrogen-bond donors (Lipinski definition) is 1. The van der Waals surface area contributed by atoms with Gasteiger partial charge < -0.3 is 10.2 Å². The molecule has 0 radical (unpaired) electrons. The normalized spacial score (nSPS) is 30.6. The van der Waals surface area contributed by atoms with Gasteiger partial charge in [-0.1, -0.05) is 31.9 Å². The van der Waals surface area contributed by atoms with Crippen molar-refractivity contribution in [1.82, 2.24) is 15.1 Å². The molecule has 32 heavy (non-hydrogen) atoms. The van der Waals surface area contributed by atoms with Crippen LogP contribution in [-0.2, 0) is 0 Å². The SMILES string of the molecule is CCC[C@H]1CCC[C@H]2[C@@H]3C[C@@H](CN(C(=O)c4ccc(C5CCNCC5)cc4)C3)CN12.Cl.Cl. The second-order valence-corrected chi connectivity index (χ2v) is 10.4. The molecule has 0 unspecified atom stereocenters. The first kappa shape index (κ1) is 25.8. The van der Waals surface area contributed by atoms with Crippen LogP contribution in [0.5, 0.6) is 0 Å². The predicted molar refractivity (Wildman–Crippen MR) is 136 cm³/mol. The number of carbonyl (C=O) groups excluding carboxylic acids is 1. The molecule has 2 bridgehead atoms. The molecule has 4 nitrogen and oxygen atoms in total. The van der Waals surface area contributed by atoms with Gasteiger partial charge in [-0.2, -0.15) is 0 Å². The third-order valence-electron chi connectivity index (χ3n) is 8.39.